The first-order valence-corrected chi connectivity index (χ1v) is 5.26. The minimum Gasteiger partial charge on any atom is -0.394 e. The van der Waals surface area contributed by atoms with E-state index in [0.717, 1.165) is 4.90 Å². The molecular weight excluding hydrogens is 208 g/mol. The quantitative estimate of drug-likeness (QED) is 0.757. The molecule has 1 aromatic rings. The fraction of sp³-hybridized carbons (Fsp3) is 0.333. The summed E-state index contributed by atoms with van der Waals surface area (Å²) in [7, 11) is 0. The largest absolute Gasteiger partial charge is 0.394 e. The van der Waals surface area contributed by atoms with Crippen LogP contribution in [0.3, 0.4) is 0 Å². The van der Waals surface area contributed by atoms with E-state index < -0.39 is 6.10 Å². The normalized spacial score (nSPS) is 12.8. The third-order valence-electron chi connectivity index (χ3n) is 1.45. The van der Waals surface area contributed by atoms with Crippen LogP contribution in [0.1, 0.15) is 0 Å². The van der Waals surface area contributed by atoms with Gasteiger partial charge in [0.25, 0.3) is 0 Å². The first-order valence-electron chi connectivity index (χ1n) is 3.89. The minimum atomic E-state index is -0.663. The van der Waals surface area contributed by atoms with Gasteiger partial charge in [0.1, 0.15) is 0 Å². The van der Waals surface area contributed by atoms with E-state index in [-0.39, 0.29) is 6.61 Å². The Kier molecular flexibility index (Phi) is 4.59. The molecule has 0 aromatic heterocycles. The Hall–Kier alpha value is -0.220. The van der Waals surface area contributed by atoms with E-state index in [2.05, 4.69) is 0 Å². The molecule has 0 aliphatic rings. The molecule has 1 aromatic carbocycles. The zero-order chi connectivity index (χ0) is 9.68. The topological polar surface area (TPSA) is 40.5 Å². The van der Waals surface area contributed by atoms with Crippen LogP contribution in [0.15, 0.2) is 29.2 Å². The zero-order valence-corrected chi connectivity index (χ0v) is 8.55. The number of hydrogen-bond donors (Lipinski definition) is 2. The molecule has 72 valence electrons. The molecule has 0 radical (unpaired) electrons. The molecule has 13 heavy (non-hydrogen) atoms. The van der Waals surface area contributed by atoms with Crippen molar-refractivity contribution in [2.75, 3.05) is 12.4 Å². The van der Waals surface area contributed by atoms with Crippen molar-refractivity contribution >= 4 is 23.4 Å². The monoisotopic (exact) mass is 218 g/mol. The maximum absolute atomic E-state index is 9.08. The Morgan fingerprint density at radius 3 is 2.85 bits per heavy atom. The summed E-state index contributed by atoms with van der Waals surface area (Å²) in [6.07, 6.45) is -0.663. The summed E-state index contributed by atoms with van der Waals surface area (Å²) in [5.41, 5.74) is 0. The fourth-order valence-electron chi connectivity index (χ4n) is 0.802. The van der Waals surface area contributed by atoms with E-state index in [9.17, 15) is 0 Å². The average molecular weight is 219 g/mol. The maximum Gasteiger partial charge on any atom is 0.0864 e. The molecule has 0 unspecified atom stereocenters. The van der Waals surface area contributed by atoms with Crippen molar-refractivity contribution in [3.63, 3.8) is 0 Å². The predicted molar refractivity (Wildman–Crippen MR) is 55.3 cm³/mol. The van der Waals surface area contributed by atoms with Crippen LogP contribution in [0.4, 0.5) is 0 Å². The summed E-state index contributed by atoms with van der Waals surface area (Å²) in [6, 6.07) is 7.40. The second kappa shape index (κ2) is 5.50. The predicted octanol–water partition coefficient (Wildman–Crippen LogP) is 1.79. The lowest BCUT2D eigenvalue weighted by Gasteiger charge is -2.06. The summed E-state index contributed by atoms with van der Waals surface area (Å²) in [5.74, 6) is 0.483. The smallest absolute Gasteiger partial charge is 0.0864 e. The van der Waals surface area contributed by atoms with Crippen molar-refractivity contribution in [3.05, 3.63) is 29.3 Å². The van der Waals surface area contributed by atoms with Gasteiger partial charge in [-0.1, -0.05) is 17.7 Å². The van der Waals surface area contributed by atoms with Crippen molar-refractivity contribution in [2.45, 2.75) is 11.0 Å². The van der Waals surface area contributed by atoms with Crippen LogP contribution in [0.5, 0.6) is 0 Å². The molecule has 0 fully saturated rings. The Balaban J connectivity index is 2.45. The van der Waals surface area contributed by atoms with Gasteiger partial charge in [-0.15, -0.1) is 11.8 Å². The lowest BCUT2D eigenvalue weighted by Crippen LogP contribution is -2.14. The van der Waals surface area contributed by atoms with Crippen LogP contribution in [0.25, 0.3) is 0 Å². The third-order valence-corrected chi connectivity index (χ3v) is 2.82. The molecule has 4 heteroatoms. The van der Waals surface area contributed by atoms with E-state index in [1.807, 2.05) is 18.2 Å². The number of rotatable bonds is 4. The van der Waals surface area contributed by atoms with Gasteiger partial charge in [0.05, 0.1) is 12.7 Å². The lowest BCUT2D eigenvalue weighted by molar-refractivity contribution is 0.113. The number of benzene rings is 1. The van der Waals surface area contributed by atoms with E-state index in [1.54, 1.807) is 6.07 Å². The SMILES string of the molecule is OC[C@H](O)CSc1cccc(Cl)c1. The molecular formula is C9H11ClO2S. The van der Waals surface area contributed by atoms with Crippen molar-refractivity contribution in [1.29, 1.82) is 0 Å². The van der Waals surface area contributed by atoms with Crippen LogP contribution in [-0.2, 0) is 0 Å². The number of aliphatic hydroxyl groups excluding tert-OH is 2. The van der Waals surface area contributed by atoms with Crippen molar-refractivity contribution in [2.24, 2.45) is 0 Å². The van der Waals surface area contributed by atoms with Crippen molar-refractivity contribution in [3.8, 4) is 0 Å². The highest BCUT2D eigenvalue weighted by atomic mass is 35.5. The van der Waals surface area contributed by atoms with Gasteiger partial charge in [-0.2, -0.15) is 0 Å². The van der Waals surface area contributed by atoms with Crippen LogP contribution in [0.2, 0.25) is 5.02 Å². The highest BCUT2D eigenvalue weighted by Crippen LogP contribution is 2.21. The molecule has 0 saturated heterocycles. The third kappa shape index (κ3) is 4.00. The second-order valence-electron chi connectivity index (χ2n) is 2.60. The first-order chi connectivity index (χ1) is 6.22. The van der Waals surface area contributed by atoms with E-state index >= 15 is 0 Å². The van der Waals surface area contributed by atoms with Crippen LogP contribution in [0, 0.1) is 0 Å². The van der Waals surface area contributed by atoms with Crippen molar-refractivity contribution in [1.82, 2.24) is 0 Å². The van der Waals surface area contributed by atoms with Gasteiger partial charge < -0.3 is 10.2 Å². The summed E-state index contributed by atoms with van der Waals surface area (Å²) in [5, 5.41) is 18.3. The summed E-state index contributed by atoms with van der Waals surface area (Å²) in [6.45, 7) is -0.201. The Bertz CT molecular complexity index is 268. The molecule has 2 nitrogen and oxygen atoms in total. The Morgan fingerprint density at radius 1 is 1.46 bits per heavy atom. The van der Waals surface area contributed by atoms with E-state index in [0.29, 0.717) is 10.8 Å². The molecule has 0 bridgehead atoms. The van der Waals surface area contributed by atoms with Gasteiger partial charge >= 0.3 is 0 Å². The molecule has 0 amide bonds. The number of hydrogen-bond acceptors (Lipinski definition) is 3. The van der Waals surface area contributed by atoms with Crippen LogP contribution < -0.4 is 0 Å². The van der Waals surface area contributed by atoms with E-state index in [4.69, 9.17) is 21.8 Å². The highest BCUT2D eigenvalue weighted by Gasteiger charge is 2.02. The van der Waals surface area contributed by atoms with Gasteiger partial charge in [0.2, 0.25) is 0 Å². The molecule has 0 aliphatic heterocycles. The maximum atomic E-state index is 9.08. The fourth-order valence-corrected chi connectivity index (χ4v) is 1.93. The average Bonchev–Trinajstić information content (AvgIpc) is 2.14. The standard InChI is InChI=1S/C9H11ClO2S/c10-7-2-1-3-9(4-7)13-6-8(12)5-11/h1-4,8,11-12H,5-6H2/t8-/m0/s1. The van der Waals surface area contributed by atoms with Gasteiger partial charge in [0.15, 0.2) is 0 Å². The van der Waals surface area contributed by atoms with Gasteiger partial charge in [0, 0.05) is 15.7 Å². The van der Waals surface area contributed by atoms with Crippen LogP contribution in [-0.4, -0.2) is 28.7 Å². The molecule has 0 heterocycles. The second-order valence-corrected chi connectivity index (χ2v) is 4.13. The van der Waals surface area contributed by atoms with Gasteiger partial charge in [-0.3, -0.25) is 0 Å². The summed E-state index contributed by atoms with van der Waals surface area (Å²) < 4.78 is 0. The molecule has 1 atom stereocenters. The summed E-state index contributed by atoms with van der Waals surface area (Å²) >= 11 is 7.24. The Morgan fingerprint density at radius 2 is 2.23 bits per heavy atom. The highest BCUT2D eigenvalue weighted by molar-refractivity contribution is 7.99. The number of aliphatic hydroxyl groups is 2. The number of halogens is 1. The minimum absolute atomic E-state index is 0.201. The van der Waals surface area contributed by atoms with Gasteiger partial charge in [-0.25, -0.2) is 0 Å². The molecule has 0 spiro atoms. The van der Waals surface area contributed by atoms with E-state index in [1.165, 1.54) is 11.8 Å². The van der Waals surface area contributed by atoms with Crippen LogP contribution >= 0.6 is 23.4 Å². The lowest BCUT2D eigenvalue weighted by atomic mass is 10.4. The first kappa shape index (κ1) is 10.9. The number of thioether (sulfide) groups is 1. The van der Waals surface area contributed by atoms with Gasteiger partial charge in [-0.05, 0) is 18.2 Å². The molecule has 0 aliphatic carbocycles. The summed E-state index contributed by atoms with van der Waals surface area (Å²) in [4.78, 5) is 1.00. The molecule has 0 saturated carbocycles. The Labute approximate surface area is 86.5 Å². The molecule has 2 N–H and O–H groups in total. The van der Waals surface area contributed by atoms with Crippen molar-refractivity contribution < 1.29 is 10.2 Å². The zero-order valence-electron chi connectivity index (χ0n) is 6.98. The molecule has 1 rings (SSSR count).